The molecule has 0 N–H and O–H groups in total. The predicted octanol–water partition coefficient (Wildman–Crippen LogP) is 2.51. The number of hydrogen-bond acceptors (Lipinski definition) is 2. The lowest BCUT2D eigenvalue weighted by Gasteiger charge is -2.32. The minimum atomic E-state index is 0.396. The molecule has 3 heteroatoms. The van der Waals surface area contributed by atoms with Crippen LogP contribution in [-0.4, -0.2) is 47.9 Å². The number of nitrogens with zero attached hydrogens (tertiary/aromatic N) is 2. The average Bonchev–Trinajstić information content (AvgIpc) is 3.23. The van der Waals surface area contributed by atoms with E-state index in [9.17, 15) is 4.79 Å². The highest BCUT2D eigenvalue weighted by Gasteiger charge is 2.46. The normalized spacial score (nSPS) is 40.9. The summed E-state index contributed by atoms with van der Waals surface area (Å²) in [5.74, 6) is 2.54. The summed E-state index contributed by atoms with van der Waals surface area (Å²) in [7, 11) is 0. The van der Waals surface area contributed by atoms with Gasteiger partial charge in [0.15, 0.2) is 0 Å². The first-order chi connectivity index (χ1) is 9.81. The molecule has 2 heterocycles. The van der Waals surface area contributed by atoms with E-state index in [1.807, 2.05) is 0 Å². The molecule has 0 aromatic rings. The van der Waals surface area contributed by atoms with Crippen LogP contribution in [0, 0.1) is 17.8 Å². The SMILES string of the molecule is O=C(C1CC2CCC1C2)N1CCCC1CN1CCCC1. The summed E-state index contributed by atoms with van der Waals surface area (Å²) < 4.78 is 0. The standard InChI is InChI=1S/C17H28N2O/c20-17(16-11-13-5-6-14(16)10-13)19-9-3-4-15(19)12-18-7-1-2-8-18/h13-16H,1-12H2. The molecule has 2 saturated heterocycles. The van der Waals surface area contributed by atoms with E-state index in [1.165, 1.54) is 64.5 Å². The Morgan fingerprint density at radius 3 is 2.50 bits per heavy atom. The first kappa shape index (κ1) is 13.1. The Morgan fingerprint density at radius 1 is 0.950 bits per heavy atom. The first-order valence-electron chi connectivity index (χ1n) is 8.84. The van der Waals surface area contributed by atoms with Crippen molar-refractivity contribution in [3.63, 3.8) is 0 Å². The van der Waals surface area contributed by atoms with Crippen molar-refractivity contribution in [2.45, 2.75) is 57.4 Å². The second-order valence-corrected chi connectivity index (χ2v) is 7.62. The Morgan fingerprint density at radius 2 is 1.80 bits per heavy atom. The quantitative estimate of drug-likeness (QED) is 0.791. The Bertz CT molecular complexity index is 377. The van der Waals surface area contributed by atoms with E-state index < -0.39 is 0 Å². The Balaban J connectivity index is 1.39. The molecule has 4 aliphatic rings. The lowest BCUT2D eigenvalue weighted by atomic mass is 9.87. The highest BCUT2D eigenvalue weighted by Crippen LogP contribution is 2.49. The van der Waals surface area contributed by atoms with Gasteiger partial charge in [0.2, 0.25) is 5.91 Å². The molecule has 0 radical (unpaired) electrons. The van der Waals surface area contributed by atoms with Gasteiger partial charge in [0, 0.05) is 25.0 Å². The van der Waals surface area contributed by atoms with Gasteiger partial charge in [-0.3, -0.25) is 4.79 Å². The average molecular weight is 276 g/mol. The lowest BCUT2D eigenvalue weighted by molar-refractivity contribution is -0.138. The Kier molecular flexibility index (Phi) is 3.49. The van der Waals surface area contributed by atoms with E-state index in [1.54, 1.807) is 0 Å². The van der Waals surface area contributed by atoms with Crippen LogP contribution in [0.25, 0.3) is 0 Å². The third kappa shape index (κ3) is 2.28. The maximum Gasteiger partial charge on any atom is 0.226 e. The largest absolute Gasteiger partial charge is 0.338 e. The van der Waals surface area contributed by atoms with Crippen LogP contribution in [0.5, 0.6) is 0 Å². The Labute approximate surface area is 122 Å². The van der Waals surface area contributed by atoms with E-state index in [0.29, 0.717) is 17.9 Å². The maximum atomic E-state index is 12.9. The van der Waals surface area contributed by atoms with Crippen LogP contribution in [-0.2, 0) is 4.79 Å². The van der Waals surface area contributed by atoms with Crippen molar-refractivity contribution in [2.24, 2.45) is 17.8 Å². The van der Waals surface area contributed by atoms with Gasteiger partial charge in [-0.2, -0.15) is 0 Å². The molecular formula is C17H28N2O. The van der Waals surface area contributed by atoms with Crippen LogP contribution in [0.4, 0.5) is 0 Å². The van der Waals surface area contributed by atoms with Crippen LogP contribution in [0.2, 0.25) is 0 Å². The summed E-state index contributed by atoms with van der Waals surface area (Å²) in [6, 6.07) is 0.528. The zero-order chi connectivity index (χ0) is 13.5. The van der Waals surface area contributed by atoms with Gasteiger partial charge in [-0.05, 0) is 69.9 Å². The number of amides is 1. The molecule has 20 heavy (non-hydrogen) atoms. The number of rotatable bonds is 3. The lowest BCUT2D eigenvalue weighted by Crippen LogP contribution is -2.45. The van der Waals surface area contributed by atoms with Crippen LogP contribution >= 0.6 is 0 Å². The Hall–Kier alpha value is -0.570. The molecule has 0 aromatic heterocycles. The highest BCUT2D eigenvalue weighted by atomic mass is 16.2. The smallest absolute Gasteiger partial charge is 0.226 e. The molecule has 3 nitrogen and oxygen atoms in total. The van der Waals surface area contributed by atoms with Crippen molar-refractivity contribution in [1.82, 2.24) is 9.80 Å². The molecule has 0 spiro atoms. The minimum absolute atomic E-state index is 0.396. The topological polar surface area (TPSA) is 23.6 Å². The fourth-order valence-corrected chi connectivity index (χ4v) is 5.34. The van der Waals surface area contributed by atoms with Crippen molar-refractivity contribution >= 4 is 5.91 Å². The second kappa shape index (κ2) is 5.32. The van der Waals surface area contributed by atoms with Crippen LogP contribution in [0.3, 0.4) is 0 Å². The number of fused-ring (bicyclic) bond motifs is 2. The number of hydrogen-bond donors (Lipinski definition) is 0. The van der Waals surface area contributed by atoms with Crippen molar-refractivity contribution in [2.75, 3.05) is 26.2 Å². The number of carbonyl (C=O) groups excluding carboxylic acids is 1. The fourth-order valence-electron chi connectivity index (χ4n) is 5.34. The molecule has 4 fully saturated rings. The van der Waals surface area contributed by atoms with Gasteiger partial charge in [-0.15, -0.1) is 0 Å². The molecule has 1 amide bonds. The monoisotopic (exact) mass is 276 g/mol. The van der Waals surface area contributed by atoms with Crippen LogP contribution < -0.4 is 0 Å². The van der Waals surface area contributed by atoms with Gasteiger partial charge in [0.05, 0.1) is 0 Å². The van der Waals surface area contributed by atoms with Gasteiger partial charge in [-0.1, -0.05) is 6.42 Å². The molecule has 4 unspecified atom stereocenters. The number of likely N-dealkylation sites (tertiary alicyclic amines) is 2. The van der Waals surface area contributed by atoms with Gasteiger partial charge < -0.3 is 9.80 Å². The summed E-state index contributed by atoms with van der Waals surface area (Å²) in [6.45, 7) is 4.69. The molecule has 0 aromatic carbocycles. The van der Waals surface area contributed by atoms with Crippen molar-refractivity contribution in [1.29, 1.82) is 0 Å². The zero-order valence-electron chi connectivity index (χ0n) is 12.6. The van der Waals surface area contributed by atoms with Gasteiger partial charge >= 0.3 is 0 Å². The maximum absolute atomic E-state index is 12.9. The molecular weight excluding hydrogens is 248 g/mol. The first-order valence-corrected chi connectivity index (χ1v) is 8.84. The predicted molar refractivity (Wildman–Crippen MR) is 79.3 cm³/mol. The second-order valence-electron chi connectivity index (χ2n) is 7.62. The van der Waals surface area contributed by atoms with Crippen molar-refractivity contribution in [3.8, 4) is 0 Å². The van der Waals surface area contributed by atoms with E-state index in [0.717, 1.165) is 24.9 Å². The number of carbonyl (C=O) groups is 1. The molecule has 2 aliphatic heterocycles. The van der Waals surface area contributed by atoms with Crippen LogP contribution in [0.1, 0.15) is 51.4 Å². The summed E-state index contributed by atoms with van der Waals surface area (Å²) in [4.78, 5) is 17.8. The molecule has 2 aliphatic carbocycles. The summed E-state index contributed by atoms with van der Waals surface area (Å²) >= 11 is 0. The third-order valence-corrected chi connectivity index (χ3v) is 6.38. The van der Waals surface area contributed by atoms with Gasteiger partial charge in [0.25, 0.3) is 0 Å². The summed E-state index contributed by atoms with van der Waals surface area (Å²) in [5.41, 5.74) is 0. The van der Waals surface area contributed by atoms with E-state index in [-0.39, 0.29) is 0 Å². The van der Waals surface area contributed by atoms with E-state index >= 15 is 0 Å². The molecule has 2 bridgehead atoms. The van der Waals surface area contributed by atoms with Crippen LogP contribution in [0.15, 0.2) is 0 Å². The molecule has 4 rings (SSSR count). The molecule has 4 atom stereocenters. The zero-order valence-corrected chi connectivity index (χ0v) is 12.6. The summed E-state index contributed by atoms with van der Waals surface area (Å²) in [5, 5.41) is 0. The summed E-state index contributed by atoms with van der Waals surface area (Å²) in [6.07, 6.45) is 10.4. The third-order valence-electron chi connectivity index (χ3n) is 6.38. The highest BCUT2D eigenvalue weighted by molar-refractivity contribution is 5.80. The minimum Gasteiger partial charge on any atom is -0.338 e. The molecule has 112 valence electrons. The van der Waals surface area contributed by atoms with E-state index in [4.69, 9.17) is 0 Å². The van der Waals surface area contributed by atoms with E-state index in [2.05, 4.69) is 9.80 Å². The van der Waals surface area contributed by atoms with Crippen molar-refractivity contribution in [3.05, 3.63) is 0 Å². The molecule has 2 saturated carbocycles. The fraction of sp³-hybridized carbons (Fsp3) is 0.941. The van der Waals surface area contributed by atoms with Gasteiger partial charge in [0.1, 0.15) is 0 Å². The van der Waals surface area contributed by atoms with Crippen molar-refractivity contribution < 1.29 is 4.79 Å². The van der Waals surface area contributed by atoms with Gasteiger partial charge in [-0.25, -0.2) is 0 Å².